The SMILES string of the molecule is O=C(CCCc1c2c(nc3cc(Cl)ccc13)CCCC2)CCc1c[nH]c2ccccc12. The number of H-pyrrole nitrogens is 1. The molecule has 4 heteroatoms. The van der Waals surface area contributed by atoms with E-state index in [4.69, 9.17) is 16.6 Å². The van der Waals surface area contributed by atoms with Crippen LogP contribution in [0.15, 0.2) is 48.7 Å². The highest BCUT2D eigenvalue weighted by Crippen LogP contribution is 2.31. The fraction of sp³-hybridized carbons (Fsp3) is 0.333. The summed E-state index contributed by atoms with van der Waals surface area (Å²) in [5.74, 6) is 0.348. The van der Waals surface area contributed by atoms with Crippen LogP contribution in [0.3, 0.4) is 0 Å². The van der Waals surface area contributed by atoms with Crippen LogP contribution in [0, 0.1) is 0 Å². The van der Waals surface area contributed by atoms with Crippen LogP contribution in [0.5, 0.6) is 0 Å². The second-order valence-corrected chi connectivity index (χ2v) is 9.07. The van der Waals surface area contributed by atoms with Gasteiger partial charge in [0, 0.05) is 46.0 Å². The van der Waals surface area contributed by atoms with Crippen molar-refractivity contribution in [2.24, 2.45) is 0 Å². The molecule has 0 radical (unpaired) electrons. The lowest BCUT2D eigenvalue weighted by Crippen LogP contribution is -2.10. The maximum Gasteiger partial charge on any atom is 0.133 e. The molecule has 0 fully saturated rings. The molecule has 1 N–H and O–H groups in total. The number of fused-ring (bicyclic) bond motifs is 3. The molecule has 5 rings (SSSR count). The number of ketones is 1. The molecule has 0 unspecified atom stereocenters. The summed E-state index contributed by atoms with van der Waals surface area (Å²) in [4.78, 5) is 20.8. The van der Waals surface area contributed by atoms with Gasteiger partial charge in [-0.3, -0.25) is 9.78 Å². The summed E-state index contributed by atoms with van der Waals surface area (Å²) in [6.07, 6.45) is 10.5. The lowest BCUT2D eigenvalue weighted by atomic mass is 9.87. The molecule has 2 heterocycles. The number of aryl methyl sites for hydroxylation is 3. The first-order valence-electron chi connectivity index (χ1n) is 11.4. The number of carbonyl (C=O) groups is 1. The van der Waals surface area contributed by atoms with Gasteiger partial charge in [0.25, 0.3) is 0 Å². The van der Waals surface area contributed by atoms with Gasteiger partial charge in [0.2, 0.25) is 0 Å². The number of halogens is 1. The molecule has 0 aliphatic heterocycles. The lowest BCUT2D eigenvalue weighted by molar-refractivity contribution is -0.119. The third-order valence-electron chi connectivity index (χ3n) is 6.57. The van der Waals surface area contributed by atoms with Crippen LogP contribution in [0.4, 0.5) is 0 Å². The van der Waals surface area contributed by atoms with Crippen LogP contribution >= 0.6 is 11.6 Å². The minimum atomic E-state index is 0.348. The number of para-hydroxylation sites is 1. The predicted molar refractivity (Wildman–Crippen MR) is 128 cm³/mol. The van der Waals surface area contributed by atoms with Gasteiger partial charge in [-0.15, -0.1) is 0 Å². The van der Waals surface area contributed by atoms with E-state index < -0.39 is 0 Å². The van der Waals surface area contributed by atoms with Crippen LogP contribution < -0.4 is 0 Å². The zero-order valence-electron chi connectivity index (χ0n) is 17.7. The van der Waals surface area contributed by atoms with Crippen molar-refractivity contribution in [2.45, 2.75) is 57.8 Å². The number of nitrogens with one attached hydrogen (secondary N) is 1. The standard InChI is InChI=1S/C27H27ClN2O/c28-19-13-15-24-22(23-8-2-4-11-26(23)30-27(24)16-19)9-5-6-20(31)14-12-18-17-29-25-10-3-1-7-21(18)25/h1,3,7,10,13,15-17,29H,2,4-6,8-9,11-12,14H2. The van der Waals surface area contributed by atoms with Crippen molar-refractivity contribution in [3.05, 3.63) is 76.1 Å². The van der Waals surface area contributed by atoms with Crippen LogP contribution in [0.1, 0.15) is 54.5 Å². The number of aromatic amines is 1. The Bertz CT molecular complexity index is 1260. The van der Waals surface area contributed by atoms with Gasteiger partial charge >= 0.3 is 0 Å². The van der Waals surface area contributed by atoms with Gasteiger partial charge in [-0.25, -0.2) is 0 Å². The number of Topliss-reactive ketones (excluding diaryl/α,β-unsaturated/α-hetero) is 1. The summed E-state index contributed by atoms with van der Waals surface area (Å²) in [5.41, 5.74) is 7.41. The lowest BCUT2D eigenvalue weighted by Gasteiger charge is -2.21. The van der Waals surface area contributed by atoms with Crippen molar-refractivity contribution in [3.63, 3.8) is 0 Å². The maximum absolute atomic E-state index is 12.6. The fourth-order valence-electron chi connectivity index (χ4n) is 4.98. The topological polar surface area (TPSA) is 45.8 Å². The van der Waals surface area contributed by atoms with Gasteiger partial charge < -0.3 is 4.98 Å². The van der Waals surface area contributed by atoms with E-state index >= 15 is 0 Å². The third-order valence-corrected chi connectivity index (χ3v) is 6.81. The van der Waals surface area contributed by atoms with Gasteiger partial charge in [-0.05, 0) is 79.8 Å². The van der Waals surface area contributed by atoms with Gasteiger partial charge in [-0.1, -0.05) is 35.9 Å². The van der Waals surface area contributed by atoms with Gasteiger partial charge in [0.1, 0.15) is 5.78 Å². The van der Waals surface area contributed by atoms with E-state index in [0.29, 0.717) is 18.6 Å². The van der Waals surface area contributed by atoms with E-state index in [0.717, 1.165) is 48.2 Å². The van der Waals surface area contributed by atoms with E-state index in [9.17, 15) is 4.79 Å². The largest absolute Gasteiger partial charge is 0.361 e. The Morgan fingerprint density at radius 3 is 2.81 bits per heavy atom. The summed E-state index contributed by atoms with van der Waals surface area (Å²) in [6.45, 7) is 0. The molecule has 1 aliphatic carbocycles. The van der Waals surface area contributed by atoms with E-state index in [1.165, 1.54) is 46.0 Å². The Morgan fingerprint density at radius 2 is 1.87 bits per heavy atom. The Morgan fingerprint density at radius 1 is 1.00 bits per heavy atom. The predicted octanol–water partition coefficient (Wildman–Crippen LogP) is 6.77. The fourth-order valence-corrected chi connectivity index (χ4v) is 5.15. The van der Waals surface area contributed by atoms with Crippen molar-refractivity contribution in [2.75, 3.05) is 0 Å². The van der Waals surface area contributed by atoms with E-state index in [1.54, 1.807) is 0 Å². The molecule has 158 valence electrons. The number of hydrogen-bond acceptors (Lipinski definition) is 2. The highest BCUT2D eigenvalue weighted by atomic mass is 35.5. The van der Waals surface area contributed by atoms with Crippen LogP contribution in [-0.2, 0) is 30.5 Å². The van der Waals surface area contributed by atoms with Gasteiger partial charge in [0.15, 0.2) is 0 Å². The third kappa shape index (κ3) is 4.24. The van der Waals surface area contributed by atoms with Gasteiger partial charge in [0.05, 0.1) is 5.52 Å². The van der Waals surface area contributed by atoms with Crippen molar-refractivity contribution < 1.29 is 4.79 Å². The van der Waals surface area contributed by atoms with E-state index in [1.807, 2.05) is 24.4 Å². The first kappa shape index (κ1) is 20.3. The molecule has 3 nitrogen and oxygen atoms in total. The van der Waals surface area contributed by atoms with E-state index in [-0.39, 0.29) is 0 Å². The normalized spacial score (nSPS) is 13.6. The second kappa shape index (κ2) is 8.84. The smallest absolute Gasteiger partial charge is 0.133 e. The molecule has 0 saturated heterocycles. The van der Waals surface area contributed by atoms with Crippen molar-refractivity contribution in [1.29, 1.82) is 0 Å². The Balaban J connectivity index is 1.26. The Kier molecular flexibility index (Phi) is 5.78. The van der Waals surface area contributed by atoms with Crippen molar-refractivity contribution in [1.82, 2.24) is 9.97 Å². The first-order chi connectivity index (χ1) is 15.2. The average molecular weight is 431 g/mol. The highest BCUT2D eigenvalue weighted by molar-refractivity contribution is 6.31. The number of nitrogens with zero attached hydrogens (tertiary/aromatic N) is 1. The average Bonchev–Trinajstić information content (AvgIpc) is 3.20. The van der Waals surface area contributed by atoms with Crippen LogP contribution in [0.2, 0.25) is 5.02 Å². The molecule has 0 spiro atoms. The molecule has 0 amide bonds. The molecule has 1 aliphatic rings. The molecule has 2 aromatic carbocycles. The maximum atomic E-state index is 12.6. The summed E-state index contributed by atoms with van der Waals surface area (Å²) < 4.78 is 0. The zero-order valence-corrected chi connectivity index (χ0v) is 18.5. The van der Waals surface area contributed by atoms with Crippen LogP contribution in [-0.4, -0.2) is 15.8 Å². The van der Waals surface area contributed by atoms with Crippen molar-refractivity contribution >= 4 is 39.2 Å². The molecule has 0 bridgehead atoms. The summed E-state index contributed by atoms with van der Waals surface area (Å²) in [6, 6.07) is 14.3. The van der Waals surface area contributed by atoms with Gasteiger partial charge in [-0.2, -0.15) is 0 Å². The number of pyridine rings is 1. The zero-order chi connectivity index (χ0) is 21.2. The molecule has 0 atom stereocenters. The number of hydrogen-bond donors (Lipinski definition) is 1. The molecular weight excluding hydrogens is 404 g/mol. The van der Waals surface area contributed by atoms with Crippen LogP contribution in [0.25, 0.3) is 21.8 Å². The Hall–Kier alpha value is -2.65. The summed E-state index contributed by atoms with van der Waals surface area (Å²) in [7, 11) is 0. The monoisotopic (exact) mass is 430 g/mol. The summed E-state index contributed by atoms with van der Waals surface area (Å²) in [5, 5.41) is 3.16. The number of aromatic nitrogens is 2. The van der Waals surface area contributed by atoms with Crippen molar-refractivity contribution in [3.8, 4) is 0 Å². The number of carbonyl (C=O) groups excluding carboxylic acids is 1. The van der Waals surface area contributed by atoms with E-state index in [2.05, 4.69) is 29.2 Å². The Labute approximate surface area is 187 Å². The number of rotatable bonds is 7. The molecular formula is C27H27ClN2O. The highest BCUT2D eigenvalue weighted by Gasteiger charge is 2.18. The number of benzene rings is 2. The molecule has 0 saturated carbocycles. The molecule has 2 aromatic heterocycles. The summed E-state index contributed by atoms with van der Waals surface area (Å²) >= 11 is 6.23. The second-order valence-electron chi connectivity index (χ2n) is 8.64. The first-order valence-corrected chi connectivity index (χ1v) is 11.7. The molecule has 4 aromatic rings. The quantitative estimate of drug-likeness (QED) is 0.351. The molecule has 31 heavy (non-hydrogen) atoms. The minimum Gasteiger partial charge on any atom is -0.361 e. The minimum absolute atomic E-state index is 0.348.